The molecule has 0 unspecified atom stereocenters. The number of carbonyl (C=O) groups excluding carboxylic acids is 1. The average Bonchev–Trinajstić information content (AvgIpc) is 2.62. The Kier molecular flexibility index (Phi) is 5.26. The minimum absolute atomic E-state index is 0.263. The van der Waals surface area contributed by atoms with Gasteiger partial charge in [0.05, 0.1) is 0 Å². The maximum atomic E-state index is 12.3. The molecule has 3 N–H and O–H groups in total. The van der Waals surface area contributed by atoms with Crippen LogP contribution in [0.3, 0.4) is 0 Å². The van der Waals surface area contributed by atoms with Crippen LogP contribution in [0.5, 0.6) is 0 Å². The number of amides is 1. The van der Waals surface area contributed by atoms with Crippen LogP contribution in [-0.4, -0.2) is 17.1 Å². The molecule has 0 aliphatic carbocycles. The van der Waals surface area contributed by atoms with Gasteiger partial charge in [-0.1, -0.05) is 29.8 Å². The van der Waals surface area contributed by atoms with Crippen LogP contribution < -0.4 is 11.1 Å². The van der Waals surface area contributed by atoms with Crippen molar-refractivity contribution in [1.29, 1.82) is 0 Å². The van der Waals surface area contributed by atoms with Crippen molar-refractivity contribution in [2.24, 2.45) is 0 Å². The Morgan fingerprint density at radius 3 is 2.44 bits per heavy atom. The van der Waals surface area contributed by atoms with Crippen LogP contribution in [-0.2, 0) is 0 Å². The van der Waals surface area contributed by atoms with E-state index in [2.05, 4.69) is 10.3 Å². The number of rotatable bonds is 4. The molecule has 3 aromatic rings. The number of hydrogen-bond acceptors (Lipinski definition) is 4. The molecule has 0 aliphatic rings. The molecule has 0 saturated heterocycles. The first-order chi connectivity index (χ1) is 12.1. The molecule has 25 heavy (non-hydrogen) atoms. The summed E-state index contributed by atoms with van der Waals surface area (Å²) in [4.78, 5) is 17.7. The van der Waals surface area contributed by atoms with Crippen molar-refractivity contribution in [1.82, 2.24) is 4.98 Å². The largest absolute Gasteiger partial charge is 0.383 e. The number of thioether (sulfide) groups is 1. The molecule has 1 amide bonds. The number of pyridine rings is 1. The van der Waals surface area contributed by atoms with Crippen LogP contribution >= 0.6 is 23.4 Å². The molecule has 0 fully saturated rings. The van der Waals surface area contributed by atoms with E-state index in [0.717, 1.165) is 16.0 Å². The molecule has 1 aromatic heterocycles. The predicted molar refractivity (Wildman–Crippen MR) is 105 cm³/mol. The highest BCUT2D eigenvalue weighted by molar-refractivity contribution is 7.98. The van der Waals surface area contributed by atoms with E-state index in [9.17, 15) is 4.79 Å². The Labute approximate surface area is 155 Å². The lowest BCUT2D eigenvalue weighted by molar-refractivity contribution is 0.102. The van der Waals surface area contributed by atoms with Gasteiger partial charge in [0.15, 0.2) is 0 Å². The Hall–Kier alpha value is -2.50. The number of carbonyl (C=O) groups is 1. The number of halogens is 1. The van der Waals surface area contributed by atoms with E-state index in [1.807, 2.05) is 36.6 Å². The fraction of sp³-hybridized carbons (Fsp3) is 0.0526. The summed E-state index contributed by atoms with van der Waals surface area (Å²) in [5.74, 6) is 0.513. The van der Waals surface area contributed by atoms with E-state index in [1.54, 1.807) is 42.1 Å². The van der Waals surface area contributed by atoms with Gasteiger partial charge in [-0.2, -0.15) is 0 Å². The van der Waals surface area contributed by atoms with E-state index in [0.29, 0.717) is 22.2 Å². The summed E-state index contributed by atoms with van der Waals surface area (Å²) in [5.41, 5.74) is 8.49. The Bertz CT molecular complexity index is 913. The van der Waals surface area contributed by atoms with E-state index in [4.69, 9.17) is 17.3 Å². The first-order valence-electron chi connectivity index (χ1n) is 7.55. The third-order valence-electron chi connectivity index (χ3n) is 3.67. The van der Waals surface area contributed by atoms with Crippen molar-refractivity contribution in [3.63, 3.8) is 0 Å². The fourth-order valence-corrected chi connectivity index (χ4v) is 3.17. The van der Waals surface area contributed by atoms with Crippen LogP contribution in [0, 0.1) is 0 Å². The highest BCUT2D eigenvalue weighted by atomic mass is 35.5. The van der Waals surface area contributed by atoms with E-state index in [-0.39, 0.29) is 5.91 Å². The van der Waals surface area contributed by atoms with Crippen molar-refractivity contribution < 1.29 is 4.79 Å². The van der Waals surface area contributed by atoms with Crippen LogP contribution in [0.2, 0.25) is 5.02 Å². The molecule has 1 heterocycles. The topological polar surface area (TPSA) is 68.0 Å². The zero-order valence-corrected chi connectivity index (χ0v) is 15.1. The van der Waals surface area contributed by atoms with Crippen molar-refractivity contribution in [2.45, 2.75) is 4.90 Å². The number of nitrogens with two attached hydrogens (primary N) is 1. The van der Waals surface area contributed by atoms with Gasteiger partial charge in [0, 0.05) is 21.0 Å². The quantitative estimate of drug-likeness (QED) is 0.638. The molecule has 0 bridgehead atoms. The van der Waals surface area contributed by atoms with Gasteiger partial charge in [0.25, 0.3) is 5.91 Å². The number of nitrogen functional groups attached to an aromatic ring is 1. The standard InChI is InChI=1S/C19H16ClN3OS/c1-25-16-5-3-2-4-14(16)15-10-11-17(22-18(15)21)23-19(24)12-6-8-13(20)9-7-12/h2-11H,1H3,(H3,21,22,23,24). The number of aromatic nitrogens is 1. The Balaban J connectivity index is 1.85. The lowest BCUT2D eigenvalue weighted by atomic mass is 10.1. The number of anilines is 2. The lowest BCUT2D eigenvalue weighted by Gasteiger charge is -2.11. The summed E-state index contributed by atoms with van der Waals surface area (Å²) >= 11 is 7.48. The second-order valence-corrected chi connectivity index (χ2v) is 6.58. The third kappa shape index (κ3) is 3.95. The van der Waals surface area contributed by atoms with E-state index in [1.165, 1.54) is 0 Å². The highest BCUT2D eigenvalue weighted by Crippen LogP contribution is 2.33. The molecule has 0 atom stereocenters. The van der Waals surface area contributed by atoms with Crippen molar-refractivity contribution in [3.8, 4) is 11.1 Å². The average molecular weight is 370 g/mol. The summed E-state index contributed by atoms with van der Waals surface area (Å²) in [5, 5.41) is 3.33. The fourth-order valence-electron chi connectivity index (χ4n) is 2.43. The molecule has 4 nitrogen and oxygen atoms in total. The lowest BCUT2D eigenvalue weighted by Crippen LogP contribution is -2.13. The van der Waals surface area contributed by atoms with Gasteiger partial charge in [0.1, 0.15) is 11.6 Å². The minimum atomic E-state index is -0.263. The molecular formula is C19H16ClN3OS. The summed E-state index contributed by atoms with van der Waals surface area (Å²) in [6.45, 7) is 0. The van der Waals surface area contributed by atoms with Gasteiger partial charge < -0.3 is 11.1 Å². The molecule has 126 valence electrons. The van der Waals surface area contributed by atoms with Crippen LogP contribution in [0.25, 0.3) is 11.1 Å². The number of nitrogens with one attached hydrogen (secondary N) is 1. The molecule has 0 saturated carbocycles. The molecule has 0 radical (unpaired) electrons. The zero-order chi connectivity index (χ0) is 17.8. The van der Waals surface area contributed by atoms with Crippen LogP contribution in [0.1, 0.15) is 10.4 Å². The highest BCUT2D eigenvalue weighted by Gasteiger charge is 2.11. The number of benzene rings is 2. The monoisotopic (exact) mass is 369 g/mol. The van der Waals surface area contributed by atoms with Gasteiger partial charge >= 0.3 is 0 Å². The molecule has 0 aliphatic heterocycles. The Morgan fingerprint density at radius 2 is 1.76 bits per heavy atom. The van der Waals surface area contributed by atoms with E-state index < -0.39 is 0 Å². The maximum Gasteiger partial charge on any atom is 0.256 e. The molecule has 6 heteroatoms. The van der Waals surface area contributed by atoms with Gasteiger partial charge in [-0.15, -0.1) is 11.8 Å². The van der Waals surface area contributed by atoms with Gasteiger partial charge in [-0.05, 0) is 54.3 Å². The second-order valence-electron chi connectivity index (χ2n) is 5.29. The van der Waals surface area contributed by atoms with E-state index >= 15 is 0 Å². The molecule has 2 aromatic carbocycles. The van der Waals surface area contributed by atoms with Gasteiger partial charge in [-0.25, -0.2) is 4.98 Å². The summed E-state index contributed by atoms with van der Waals surface area (Å²) in [7, 11) is 0. The van der Waals surface area contributed by atoms with Crippen molar-refractivity contribution in [2.75, 3.05) is 17.3 Å². The summed E-state index contributed by atoms with van der Waals surface area (Å²) in [6, 6.07) is 18.3. The predicted octanol–water partition coefficient (Wildman–Crippen LogP) is 4.96. The second kappa shape index (κ2) is 7.59. The minimum Gasteiger partial charge on any atom is -0.383 e. The molecular weight excluding hydrogens is 354 g/mol. The van der Waals surface area contributed by atoms with Gasteiger partial charge in [0.2, 0.25) is 0 Å². The zero-order valence-electron chi connectivity index (χ0n) is 13.5. The SMILES string of the molecule is CSc1ccccc1-c1ccc(NC(=O)c2ccc(Cl)cc2)nc1N. The first kappa shape index (κ1) is 17.3. The van der Waals surface area contributed by atoms with Crippen LogP contribution in [0.15, 0.2) is 65.6 Å². The first-order valence-corrected chi connectivity index (χ1v) is 9.15. The van der Waals surface area contributed by atoms with Crippen molar-refractivity contribution in [3.05, 3.63) is 71.2 Å². The number of hydrogen-bond donors (Lipinski definition) is 2. The third-order valence-corrected chi connectivity index (χ3v) is 4.72. The normalized spacial score (nSPS) is 10.5. The summed E-state index contributed by atoms with van der Waals surface area (Å²) < 4.78 is 0. The number of nitrogens with zero attached hydrogens (tertiary/aromatic N) is 1. The molecule has 3 rings (SSSR count). The maximum absolute atomic E-state index is 12.3. The van der Waals surface area contributed by atoms with Crippen molar-refractivity contribution >= 4 is 40.9 Å². The van der Waals surface area contributed by atoms with Gasteiger partial charge in [-0.3, -0.25) is 4.79 Å². The molecule has 0 spiro atoms. The Morgan fingerprint density at radius 1 is 1.04 bits per heavy atom. The summed E-state index contributed by atoms with van der Waals surface area (Å²) in [6.07, 6.45) is 2.02. The van der Waals surface area contributed by atoms with Crippen LogP contribution in [0.4, 0.5) is 11.6 Å². The smallest absolute Gasteiger partial charge is 0.256 e.